The molecule has 0 radical (unpaired) electrons. The number of nitrogens with two attached hydrogens (primary N) is 1. The van der Waals surface area contributed by atoms with E-state index in [0.717, 1.165) is 0 Å². The molecule has 0 amide bonds. The zero-order valence-corrected chi connectivity index (χ0v) is 9.01. The van der Waals surface area contributed by atoms with Crippen LogP contribution in [0.2, 0.25) is 0 Å². The van der Waals surface area contributed by atoms with Gasteiger partial charge in [-0.1, -0.05) is 0 Å². The van der Waals surface area contributed by atoms with E-state index in [0.29, 0.717) is 11.4 Å². The van der Waals surface area contributed by atoms with E-state index in [1.54, 1.807) is 6.07 Å². The first-order valence-electron chi connectivity index (χ1n) is 5.04. The third-order valence-electron chi connectivity index (χ3n) is 2.43. The molecular weight excluding hydrogens is 236 g/mol. The predicted molar refractivity (Wildman–Crippen MR) is 63.8 cm³/mol. The minimum Gasteiger partial charge on any atom is -0.506 e. The molecule has 8 nitrogen and oxygen atoms in total. The van der Waals surface area contributed by atoms with Crippen molar-refractivity contribution in [3.63, 3.8) is 0 Å². The highest BCUT2D eigenvalue weighted by molar-refractivity contribution is 5.77. The van der Waals surface area contributed by atoms with Gasteiger partial charge in [0, 0.05) is 6.20 Å². The number of imidazole rings is 1. The highest BCUT2D eigenvalue weighted by Crippen LogP contribution is 2.25. The van der Waals surface area contributed by atoms with E-state index in [1.165, 1.54) is 12.4 Å². The molecule has 3 aromatic heterocycles. The van der Waals surface area contributed by atoms with Crippen LogP contribution < -0.4 is 11.3 Å². The standard InChI is InChI=1S/C10H8N6O2/c11-10-15-8-6(9(18)16-10)13-7(14-8)4-1-2-12-3-5(4)17/h1-3,17H,(H4,11,13,14,15,16,18). The third kappa shape index (κ3) is 1.47. The third-order valence-corrected chi connectivity index (χ3v) is 2.43. The first-order valence-corrected chi connectivity index (χ1v) is 5.04. The van der Waals surface area contributed by atoms with Crippen LogP contribution in [0.5, 0.6) is 5.75 Å². The van der Waals surface area contributed by atoms with Gasteiger partial charge in [-0.15, -0.1) is 0 Å². The molecular formula is C10H8N6O2. The number of pyridine rings is 1. The first kappa shape index (κ1) is 10.3. The molecule has 18 heavy (non-hydrogen) atoms. The Morgan fingerprint density at radius 1 is 1.28 bits per heavy atom. The summed E-state index contributed by atoms with van der Waals surface area (Å²) >= 11 is 0. The first-order chi connectivity index (χ1) is 8.65. The number of hydrogen-bond acceptors (Lipinski definition) is 6. The molecule has 0 saturated carbocycles. The van der Waals surface area contributed by atoms with Crippen LogP contribution >= 0.6 is 0 Å². The van der Waals surface area contributed by atoms with Gasteiger partial charge in [0.25, 0.3) is 5.56 Å². The van der Waals surface area contributed by atoms with Crippen LogP contribution in [-0.2, 0) is 0 Å². The average Bonchev–Trinajstić information content (AvgIpc) is 2.73. The van der Waals surface area contributed by atoms with E-state index in [-0.39, 0.29) is 22.9 Å². The van der Waals surface area contributed by atoms with Crippen LogP contribution in [0.4, 0.5) is 5.95 Å². The van der Waals surface area contributed by atoms with E-state index >= 15 is 0 Å². The van der Waals surface area contributed by atoms with Crippen molar-refractivity contribution in [3.8, 4) is 17.1 Å². The lowest BCUT2D eigenvalue weighted by Crippen LogP contribution is -2.10. The summed E-state index contributed by atoms with van der Waals surface area (Å²) in [6.45, 7) is 0. The Morgan fingerprint density at radius 3 is 2.89 bits per heavy atom. The number of nitrogens with one attached hydrogen (secondary N) is 2. The molecule has 3 rings (SSSR count). The fourth-order valence-electron chi connectivity index (χ4n) is 1.64. The molecule has 5 N–H and O–H groups in total. The average molecular weight is 244 g/mol. The molecule has 3 heterocycles. The van der Waals surface area contributed by atoms with Gasteiger partial charge in [0.2, 0.25) is 5.95 Å². The van der Waals surface area contributed by atoms with Gasteiger partial charge >= 0.3 is 0 Å². The second kappa shape index (κ2) is 3.55. The van der Waals surface area contributed by atoms with E-state index in [2.05, 4.69) is 24.9 Å². The second-order valence-electron chi connectivity index (χ2n) is 3.63. The Kier molecular flexibility index (Phi) is 2.03. The van der Waals surface area contributed by atoms with Crippen LogP contribution in [0.3, 0.4) is 0 Å². The van der Waals surface area contributed by atoms with E-state index in [4.69, 9.17) is 5.73 Å². The summed E-state index contributed by atoms with van der Waals surface area (Å²) in [5, 5.41) is 9.66. The topological polar surface area (TPSA) is 134 Å². The van der Waals surface area contributed by atoms with Crippen molar-refractivity contribution < 1.29 is 5.11 Å². The van der Waals surface area contributed by atoms with Crippen LogP contribution in [-0.4, -0.2) is 30.0 Å². The van der Waals surface area contributed by atoms with E-state index in [1.807, 2.05) is 0 Å². The fraction of sp³-hybridized carbons (Fsp3) is 0. The Labute approximate surface area is 99.6 Å². The number of nitrogens with zero attached hydrogens (tertiary/aromatic N) is 3. The van der Waals surface area contributed by atoms with Crippen molar-refractivity contribution in [1.29, 1.82) is 0 Å². The Hall–Kier alpha value is -2.90. The van der Waals surface area contributed by atoms with Crippen LogP contribution in [0, 0.1) is 0 Å². The number of rotatable bonds is 1. The largest absolute Gasteiger partial charge is 0.506 e. The number of H-pyrrole nitrogens is 2. The minimum atomic E-state index is -0.412. The molecule has 0 aliphatic carbocycles. The smallest absolute Gasteiger partial charge is 0.278 e. The maximum absolute atomic E-state index is 11.6. The number of aromatic nitrogens is 5. The molecule has 0 aliphatic rings. The summed E-state index contributed by atoms with van der Waals surface area (Å²) in [6.07, 6.45) is 2.79. The van der Waals surface area contributed by atoms with Crippen LogP contribution in [0.15, 0.2) is 23.3 Å². The number of anilines is 1. The molecule has 0 aromatic carbocycles. The van der Waals surface area contributed by atoms with Crippen molar-refractivity contribution >= 4 is 17.1 Å². The van der Waals surface area contributed by atoms with Crippen molar-refractivity contribution in [2.24, 2.45) is 0 Å². The van der Waals surface area contributed by atoms with Crippen molar-refractivity contribution in [2.45, 2.75) is 0 Å². The highest BCUT2D eigenvalue weighted by Gasteiger charge is 2.12. The number of aromatic amines is 2. The Bertz CT molecular complexity index is 790. The molecule has 0 fully saturated rings. The lowest BCUT2D eigenvalue weighted by molar-refractivity contribution is 0.474. The van der Waals surface area contributed by atoms with Gasteiger partial charge in [0.05, 0.1) is 11.8 Å². The molecule has 8 heteroatoms. The van der Waals surface area contributed by atoms with Crippen molar-refractivity contribution in [1.82, 2.24) is 24.9 Å². The zero-order valence-electron chi connectivity index (χ0n) is 9.01. The van der Waals surface area contributed by atoms with E-state index < -0.39 is 5.56 Å². The molecule has 0 atom stereocenters. The quantitative estimate of drug-likeness (QED) is 0.476. The van der Waals surface area contributed by atoms with Crippen molar-refractivity contribution in [3.05, 3.63) is 28.8 Å². The normalized spacial score (nSPS) is 10.9. The number of aromatic hydroxyl groups is 1. The maximum atomic E-state index is 11.6. The Balaban J connectivity index is 2.30. The molecule has 0 saturated heterocycles. The summed E-state index contributed by atoms with van der Waals surface area (Å²) in [6, 6.07) is 1.57. The number of fused-ring (bicyclic) bond motifs is 1. The van der Waals surface area contributed by atoms with Crippen LogP contribution in [0.1, 0.15) is 0 Å². The number of hydrogen-bond donors (Lipinski definition) is 4. The van der Waals surface area contributed by atoms with Gasteiger partial charge in [0.1, 0.15) is 11.6 Å². The molecule has 0 bridgehead atoms. The predicted octanol–water partition coefficient (Wildman–Crippen LogP) is -0.00400. The molecule has 0 spiro atoms. The summed E-state index contributed by atoms with van der Waals surface area (Å²) < 4.78 is 0. The fourth-order valence-corrected chi connectivity index (χ4v) is 1.64. The maximum Gasteiger partial charge on any atom is 0.278 e. The van der Waals surface area contributed by atoms with Crippen molar-refractivity contribution in [2.75, 3.05) is 5.73 Å². The molecule has 90 valence electrons. The lowest BCUT2D eigenvalue weighted by atomic mass is 10.2. The monoisotopic (exact) mass is 244 g/mol. The van der Waals surface area contributed by atoms with E-state index in [9.17, 15) is 9.90 Å². The summed E-state index contributed by atoms with van der Waals surface area (Å²) in [5.74, 6) is 0.277. The van der Waals surface area contributed by atoms with Gasteiger partial charge in [-0.25, -0.2) is 4.98 Å². The molecule has 0 aliphatic heterocycles. The second-order valence-corrected chi connectivity index (χ2v) is 3.63. The summed E-state index contributed by atoms with van der Waals surface area (Å²) in [5.41, 5.74) is 5.84. The van der Waals surface area contributed by atoms with Gasteiger partial charge < -0.3 is 15.8 Å². The molecule has 0 unspecified atom stereocenters. The van der Waals surface area contributed by atoms with Gasteiger partial charge in [-0.05, 0) is 6.07 Å². The summed E-state index contributed by atoms with van der Waals surface area (Å²) in [7, 11) is 0. The van der Waals surface area contributed by atoms with Crippen LogP contribution in [0.25, 0.3) is 22.6 Å². The molecule has 3 aromatic rings. The summed E-state index contributed by atoms with van der Waals surface area (Å²) in [4.78, 5) is 28.5. The number of nitrogen functional groups attached to an aromatic ring is 1. The van der Waals surface area contributed by atoms with Gasteiger partial charge in [0.15, 0.2) is 11.2 Å². The highest BCUT2D eigenvalue weighted by atomic mass is 16.3. The SMILES string of the molecule is Nc1nc2nc(-c3ccncc3O)[nH]c2c(=O)[nH]1. The zero-order chi connectivity index (χ0) is 12.7. The van der Waals surface area contributed by atoms with Gasteiger partial charge in [-0.2, -0.15) is 4.98 Å². The Morgan fingerprint density at radius 2 is 2.11 bits per heavy atom. The van der Waals surface area contributed by atoms with Gasteiger partial charge in [-0.3, -0.25) is 14.8 Å². The lowest BCUT2D eigenvalue weighted by Gasteiger charge is -1.97. The minimum absolute atomic E-state index is 0.00972.